The van der Waals surface area contributed by atoms with E-state index in [-0.39, 0.29) is 36.3 Å². The van der Waals surface area contributed by atoms with Crippen LogP contribution in [0.1, 0.15) is 38.7 Å². The first-order valence-corrected chi connectivity index (χ1v) is 10.5. The van der Waals surface area contributed by atoms with Crippen LogP contribution in [0.15, 0.2) is 36.3 Å². The summed E-state index contributed by atoms with van der Waals surface area (Å²) in [6.07, 6.45) is 2.12. The molecule has 1 heterocycles. The number of fused-ring (bicyclic) bond motifs is 1. The third kappa shape index (κ3) is 5.83. The maximum Gasteiger partial charge on any atom is 0.335 e. The van der Waals surface area contributed by atoms with Gasteiger partial charge in [-0.3, -0.25) is 4.79 Å². The van der Waals surface area contributed by atoms with Gasteiger partial charge in [0.15, 0.2) is 6.10 Å². The highest BCUT2D eigenvalue weighted by molar-refractivity contribution is 5.96. The minimum Gasteiger partial charge on any atom is -0.493 e. The summed E-state index contributed by atoms with van der Waals surface area (Å²) in [5, 5.41) is 0. The Balaban J connectivity index is 1.50. The van der Waals surface area contributed by atoms with Crippen LogP contribution in [0.4, 0.5) is 0 Å². The van der Waals surface area contributed by atoms with Gasteiger partial charge in [-0.15, -0.1) is 0 Å². The van der Waals surface area contributed by atoms with E-state index in [1.807, 2.05) is 38.1 Å². The summed E-state index contributed by atoms with van der Waals surface area (Å²) in [7, 11) is 0. The zero-order chi connectivity index (χ0) is 21.5. The second-order valence-corrected chi connectivity index (χ2v) is 7.62. The summed E-state index contributed by atoms with van der Waals surface area (Å²) in [6.45, 7) is 6.69. The molecule has 164 valence electrons. The molecule has 30 heavy (non-hydrogen) atoms. The molecule has 0 radical (unpaired) electrons. The average molecular weight is 418 g/mol. The van der Waals surface area contributed by atoms with E-state index in [9.17, 15) is 9.59 Å². The van der Waals surface area contributed by atoms with E-state index >= 15 is 0 Å². The summed E-state index contributed by atoms with van der Waals surface area (Å²) in [4.78, 5) is 24.9. The molecule has 0 spiro atoms. The standard InChI is InChI=1S/C23H30O7/c1-4-26-10-11-27-23(25)16(3)29-18-8-9-19-20(13-18)28-14-21(22(19)24)30-17-7-5-6-15(2)12-17/h5-7,12,14,16,18-20H,4,8-11,13H2,1-3H3. The second-order valence-electron chi connectivity index (χ2n) is 7.62. The van der Waals surface area contributed by atoms with Gasteiger partial charge >= 0.3 is 5.97 Å². The molecule has 1 aromatic rings. The lowest BCUT2D eigenvalue weighted by Gasteiger charge is -2.37. The molecule has 1 aliphatic heterocycles. The topological polar surface area (TPSA) is 80.3 Å². The van der Waals surface area contributed by atoms with E-state index in [1.165, 1.54) is 6.26 Å². The fourth-order valence-corrected chi connectivity index (χ4v) is 3.74. The highest BCUT2D eigenvalue weighted by Gasteiger charge is 2.42. The SMILES string of the molecule is CCOCCOC(=O)C(C)OC1CCC2C(=O)C(Oc3cccc(C)c3)=COC2C1. The number of allylic oxidation sites excluding steroid dienone is 1. The van der Waals surface area contributed by atoms with Gasteiger partial charge in [0.2, 0.25) is 11.5 Å². The summed E-state index contributed by atoms with van der Waals surface area (Å²) in [5.74, 6) is 0.127. The third-order valence-corrected chi connectivity index (χ3v) is 5.30. The summed E-state index contributed by atoms with van der Waals surface area (Å²) < 4.78 is 27.7. The van der Waals surface area contributed by atoms with Gasteiger partial charge in [-0.1, -0.05) is 12.1 Å². The van der Waals surface area contributed by atoms with Gasteiger partial charge in [0.1, 0.15) is 24.7 Å². The number of ketones is 1. The molecule has 0 bridgehead atoms. The first kappa shape index (κ1) is 22.3. The second kappa shape index (κ2) is 10.6. The van der Waals surface area contributed by atoms with Gasteiger partial charge in [0.05, 0.1) is 18.6 Å². The Hall–Kier alpha value is -2.38. The molecule has 4 unspecified atom stereocenters. The monoisotopic (exact) mass is 418 g/mol. The lowest BCUT2D eigenvalue weighted by atomic mass is 9.80. The average Bonchev–Trinajstić information content (AvgIpc) is 2.73. The van der Waals surface area contributed by atoms with E-state index in [0.29, 0.717) is 38.2 Å². The zero-order valence-corrected chi connectivity index (χ0v) is 17.8. The van der Waals surface area contributed by atoms with Gasteiger partial charge < -0.3 is 23.7 Å². The lowest BCUT2D eigenvalue weighted by molar-refractivity contribution is -0.165. The molecule has 1 aromatic carbocycles. The van der Waals surface area contributed by atoms with E-state index in [1.54, 1.807) is 6.92 Å². The molecule has 0 N–H and O–H groups in total. The van der Waals surface area contributed by atoms with Crippen LogP contribution in [0.5, 0.6) is 5.75 Å². The lowest BCUT2D eigenvalue weighted by Crippen LogP contribution is -2.43. The number of hydrogen-bond acceptors (Lipinski definition) is 7. The van der Waals surface area contributed by atoms with Crippen LogP contribution in [-0.4, -0.2) is 49.9 Å². The number of Topliss-reactive ketones (excluding diaryl/α,β-unsaturated/α-hetero) is 1. The molecule has 0 aromatic heterocycles. The van der Waals surface area contributed by atoms with Crippen molar-refractivity contribution in [3.05, 3.63) is 41.9 Å². The molecule has 3 rings (SSSR count). The first-order valence-electron chi connectivity index (χ1n) is 10.5. The van der Waals surface area contributed by atoms with Crippen molar-refractivity contribution in [2.45, 2.75) is 58.3 Å². The Morgan fingerprint density at radius 2 is 2.10 bits per heavy atom. The number of aryl methyl sites for hydroxylation is 1. The van der Waals surface area contributed by atoms with Crippen molar-refractivity contribution in [3.8, 4) is 5.75 Å². The first-order chi connectivity index (χ1) is 14.5. The van der Waals surface area contributed by atoms with Gasteiger partial charge in [0.25, 0.3) is 0 Å². The van der Waals surface area contributed by atoms with Crippen LogP contribution >= 0.6 is 0 Å². The molecule has 2 aliphatic rings. The number of rotatable bonds is 9. The van der Waals surface area contributed by atoms with Crippen molar-refractivity contribution in [1.29, 1.82) is 0 Å². The van der Waals surface area contributed by atoms with Crippen LogP contribution in [0, 0.1) is 12.8 Å². The van der Waals surface area contributed by atoms with Crippen LogP contribution in [0.3, 0.4) is 0 Å². The van der Waals surface area contributed by atoms with E-state index in [4.69, 9.17) is 23.7 Å². The molecule has 4 atom stereocenters. The van der Waals surface area contributed by atoms with Gasteiger partial charge in [0, 0.05) is 13.0 Å². The van der Waals surface area contributed by atoms with Crippen molar-refractivity contribution in [2.75, 3.05) is 19.8 Å². The Kier molecular flexibility index (Phi) is 7.87. The van der Waals surface area contributed by atoms with Crippen molar-refractivity contribution < 1.29 is 33.3 Å². The number of benzene rings is 1. The van der Waals surface area contributed by atoms with E-state index in [2.05, 4.69) is 0 Å². The van der Waals surface area contributed by atoms with Gasteiger partial charge in [-0.2, -0.15) is 0 Å². The van der Waals surface area contributed by atoms with Crippen molar-refractivity contribution >= 4 is 11.8 Å². The summed E-state index contributed by atoms with van der Waals surface area (Å²) in [5.41, 5.74) is 1.05. The van der Waals surface area contributed by atoms with Crippen LogP contribution in [0.25, 0.3) is 0 Å². The Bertz CT molecular complexity index is 773. The predicted molar refractivity (Wildman–Crippen MR) is 109 cm³/mol. The molecule has 1 aliphatic carbocycles. The fraction of sp³-hybridized carbons (Fsp3) is 0.565. The maximum absolute atomic E-state index is 12.9. The number of hydrogen-bond donors (Lipinski definition) is 0. The molecule has 1 fully saturated rings. The number of esters is 1. The van der Waals surface area contributed by atoms with Gasteiger partial charge in [-0.25, -0.2) is 4.79 Å². The molecule has 0 amide bonds. The molecular formula is C23H30O7. The zero-order valence-electron chi connectivity index (χ0n) is 17.8. The van der Waals surface area contributed by atoms with Crippen molar-refractivity contribution in [3.63, 3.8) is 0 Å². The fourth-order valence-electron chi connectivity index (χ4n) is 3.74. The smallest absolute Gasteiger partial charge is 0.335 e. The number of carbonyl (C=O) groups is 2. The summed E-state index contributed by atoms with van der Waals surface area (Å²) in [6, 6.07) is 7.54. The Morgan fingerprint density at radius 3 is 2.87 bits per heavy atom. The van der Waals surface area contributed by atoms with Crippen LogP contribution < -0.4 is 4.74 Å². The molecule has 7 nitrogen and oxygen atoms in total. The van der Waals surface area contributed by atoms with Gasteiger partial charge in [-0.05, 0) is 51.3 Å². The van der Waals surface area contributed by atoms with E-state index < -0.39 is 12.1 Å². The minimum atomic E-state index is -0.678. The normalized spacial score (nSPS) is 24.3. The number of ether oxygens (including phenoxy) is 5. The molecular weight excluding hydrogens is 388 g/mol. The summed E-state index contributed by atoms with van der Waals surface area (Å²) >= 11 is 0. The van der Waals surface area contributed by atoms with Crippen molar-refractivity contribution in [2.24, 2.45) is 5.92 Å². The quantitative estimate of drug-likeness (QED) is 0.449. The van der Waals surface area contributed by atoms with Crippen LogP contribution in [-0.2, 0) is 28.5 Å². The third-order valence-electron chi connectivity index (χ3n) is 5.30. The maximum atomic E-state index is 12.9. The molecule has 1 saturated carbocycles. The Labute approximate surface area is 177 Å². The van der Waals surface area contributed by atoms with Crippen LogP contribution in [0.2, 0.25) is 0 Å². The number of carbonyl (C=O) groups excluding carboxylic acids is 2. The highest BCUT2D eigenvalue weighted by Crippen LogP contribution is 2.35. The largest absolute Gasteiger partial charge is 0.493 e. The Morgan fingerprint density at radius 1 is 1.27 bits per heavy atom. The highest BCUT2D eigenvalue weighted by atomic mass is 16.6. The van der Waals surface area contributed by atoms with E-state index in [0.717, 1.165) is 5.56 Å². The predicted octanol–water partition coefficient (Wildman–Crippen LogP) is 3.34. The van der Waals surface area contributed by atoms with Crippen molar-refractivity contribution in [1.82, 2.24) is 0 Å². The molecule has 7 heteroatoms. The minimum absolute atomic E-state index is 0.0467. The molecule has 0 saturated heterocycles.